The largest absolute Gasteiger partial charge is 0.481 e. The Labute approximate surface area is 292 Å². The van der Waals surface area contributed by atoms with Gasteiger partial charge >= 0.3 is 11.7 Å². The van der Waals surface area contributed by atoms with Crippen molar-refractivity contribution in [1.82, 2.24) is 24.7 Å². The lowest BCUT2D eigenvalue weighted by atomic mass is 9.93. The molecule has 1 saturated carbocycles. The molecule has 4 amide bonds. The summed E-state index contributed by atoms with van der Waals surface area (Å²) in [5.74, 6) is 0.406. The van der Waals surface area contributed by atoms with Crippen LogP contribution in [0, 0.1) is 18.2 Å². The van der Waals surface area contributed by atoms with Crippen molar-refractivity contribution < 1.29 is 28.3 Å². The first-order valence-corrected chi connectivity index (χ1v) is 17.0. The highest BCUT2D eigenvalue weighted by Crippen LogP contribution is 2.41. The maximum atomic E-state index is 14.7. The number of halogens is 2. The van der Waals surface area contributed by atoms with Crippen LogP contribution in [0.15, 0.2) is 52.3 Å². The number of terminal acetylenes is 1. The molecule has 7 rings (SSSR count). The Hall–Kier alpha value is -5.29. The van der Waals surface area contributed by atoms with E-state index in [1.54, 1.807) is 29.2 Å². The van der Waals surface area contributed by atoms with Gasteiger partial charge in [-0.3, -0.25) is 19.3 Å². The molecule has 3 heterocycles. The lowest BCUT2D eigenvalue weighted by molar-refractivity contribution is -0.121. The third-order valence-electron chi connectivity index (χ3n) is 9.30. The summed E-state index contributed by atoms with van der Waals surface area (Å²) in [5, 5.41) is 7.95. The van der Waals surface area contributed by atoms with Crippen LogP contribution in [-0.2, 0) is 14.4 Å². The number of fused-ring (bicyclic) bond motifs is 1. The minimum Gasteiger partial charge on any atom is -0.481 e. The molecule has 2 aliphatic carbocycles. The highest BCUT2D eigenvalue weighted by atomic mass is 35.5. The average Bonchev–Trinajstić information content (AvgIpc) is 3.63. The molecule has 0 atom stereocenters. The van der Waals surface area contributed by atoms with Crippen LogP contribution < -0.4 is 20.2 Å². The van der Waals surface area contributed by atoms with Crippen LogP contribution in [0.25, 0.3) is 5.69 Å². The van der Waals surface area contributed by atoms with E-state index >= 15 is 0 Å². The fourth-order valence-electron chi connectivity index (χ4n) is 6.81. The summed E-state index contributed by atoms with van der Waals surface area (Å²) in [7, 11) is 0. The van der Waals surface area contributed by atoms with Gasteiger partial charge in [0.2, 0.25) is 0 Å². The number of carbonyl (C=O) groups is 4. The fraction of sp³-hybridized carbons (Fsp3) is 0.400. The topological polar surface area (TPSA) is 140 Å². The molecule has 0 spiro atoms. The first-order valence-electron chi connectivity index (χ1n) is 16.6. The lowest BCUT2D eigenvalue weighted by Crippen LogP contribution is -2.46. The van der Waals surface area contributed by atoms with E-state index in [1.807, 2.05) is 6.92 Å². The summed E-state index contributed by atoms with van der Waals surface area (Å²) in [6.45, 7) is 2.19. The normalized spacial score (nSPS) is 17.4. The van der Waals surface area contributed by atoms with Crippen molar-refractivity contribution in [3.63, 3.8) is 0 Å². The Morgan fingerprint density at radius 2 is 1.66 bits per heavy atom. The number of amides is 4. The number of ether oxygens (including phenoxy) is 1. The zero-order valence-corrected chi connectivity index (χ0v) is 28.2. The van der Waals surface area contributed by atoms with Crippen molar-refractivity contribution in [2.24, 2.45) is 0 Å². The van der Waals surface area contributed by atoms with Crippen molar-refractivity contribution in [2.45, 2.75) is 70.8 Å². The second-order valence-corrected chi connectivity index (χ2v) is 12.7. The second-order valence-electron chi connectivity index (χ2n) is 12.3. The first-order chi connectivity index (χ1) is 24.2. The maximum absolute atomic E-state index is 14.7. The minimum absolute atomic E-state index is 0.0170. The van der Waals surface area contributed by atoms with Gasteiger partial charge in [-0.15, -0.1) is 11.1 Å². The van der Waals surface area contributed by atoms with Gasteiger partial charge in [0.25, 0.3) is 17.7 Å². The number of aromatic nitrogens is 4. The van der Waals surface area contributed by atoms with Gasteiger partial charge in [-0.1, -0.05) is 48.9 Å². The number of carbonyl (C=O) groups excluding carboxylic acids is 4. The Balaban J connectivity index is 0.000000174. The van der Waals surface area contributed by atoms with Crippen LogP contribution >= 0.6 is 11.6 Å². The van der Waals surface area contributed by atoms with Gasteiger partial charge in [0.05, 0.1) is 28.6 Å². The van der Waals surface area contributed by atoms with Crippen LogP contribution in [0.1, 0.15) is 64.7 Å². The molecule has 0 unspecified atom stereocenters. The molecule has 4 aliphatic rings. The first kappa shape index (κ1) is 34.6. The van der Waals surface area contributed by atoms with E-state index < -0.39 is 29.4 Å². The van der Waals surface area contributed by atoms with Gasteiger partial charge in [-0.05, 0) is 74.1 Å². The minimum atomic E-state index is -0.764. The number of benzene rings is 2. The summed E-state index contributed by atoms with van der Waals surface area (Å²) in [4.78, 5) is 66.6. The van der Waals surface area contributed by atoms with E-state index in [2.05, 4.69) is 16.3 Å². The number of hydrogen-bond acceptors (Lipinski definition) is 8. The molecular weight excluding hydrogens is 669 g/mol. The standard InChI is InChI=1S/C19H15FN2O4.C16H20ClN5O2/c1-2-7-21-15-9-14(13(20)8-16(15)26-10-17(21)23)22-18(24)11-5-3-4-6-12(11)19(22)25;1-2-20(12-8-4-3-5-9-12)15(23)22-16(24)21(18-19-22)14-11-7-6-10-13(14)17/h1,8-9H,3-7,10H2;6-7,10-12H,2-5,8-9H2,1H3. The number of imide groups is 1. The van der Waals surface area contributed by atoms with E-state index in [1.165, 1.54) is 17.4 Å². The Morgan fingerprint density at radius 1 is 0.980 bits per heavy atom. The molecule has 1 fully saturated rings. The SMILES string of the molecule is C#CCN1C(=O)COc2cc(F)c(N3C(=O)C4=C(CCCC4)C3=O)cc21.CCN(C(=O)n1nnn(-c2ccccc2Cl)c1=O)C1CCCCC1. The molecule has 1 aromatic heterocycles. The van der Waals surface area contributed by atoms with Crippen LogP contribution in [0.2, 0.25) is 5.02 Å². The maximum Gasteiger partial charge on any atom is 0.377 e. The Morgan fingerprint density at radius 3 is 2.30 bits per heavy atom. The summed E-state index contributed by atoms with van der Waals surface area (Å²) >= 11 is 6.10. The number of tetrazole rings is 1. The number of nitrogens with zero attached hydrogens (tertiary/aromatic N) is 7. The smallest absolute Gasteiger partial charge is 0.377 e. The van der Waals surface area contributed by atoms with Crippen molar-refractivity contribution in [3.8, 4) is 23.8 Å². The van der Waals surface area contributed by atoms with E-state index in [0.29, 0.717) is 41.2 Å². The third kappa shape index (κ3) is 6.40. The van der Waals surface area contributed by atoms with Crippen LogP contribution in [0.3, 0.4) is 0 Å². The number of anilines is 2. The number of para-hydroxylation sites is 1. The highest BCUT2D eigenvalue weighted by molar-refractivity contribution is 6.33. The number of rotatable bonds is 5. The van der Waals surface area contributed by atoms with Gasteiger partial charge in [0.15, 0.2) is 12.4 Å². The van der Waals surface area contributed by atoms with E-state index in [4.69, 9.17) is 22.8 Å². The molecule has 260 valence electrons. The van der Waals surface area contributed by atoms with E-state index in [-0.39, 0.29) is 42.2 Å². The van der Waals surface area contributed by atoms with Gasteiger partial charge in [0.1, 0.15) is 5.75 Å². The Bertz CT molecular complexity index is 1960. The zero-order valence-electron chi connectivity index (χ0n) is 27.4. The summed E-state index contributed by atoms with van der Waals surface area (Å²) in [6, 6.07) is 8.92. The molecular formula is C35H35ClFN7O6. The van der Waals surface area contributed by atoms with Crippen molar-refractivity contribution in [2.75, 3.05) is 29.5 Å². The molecule has 2 aromatic carbocycles. The van der Waals surface area contributed by atoms with E-state index in [9.17, 15) is 28.4 Å². The second kappa shape index (κ2) is 14.7. The molecule has 13 nitrogen and oxygen atoms in total. The molecule has 3 aromatic rings. The van der Waals surface area contributed by atoms with Crippen molar-refractivity contribution in [1.29, 1.82) is 0 Å². The van der Waals surface area contributed by atoms with Crippen LogP contribution in [0.4, 0.5) is 20.6 Å². The fourth-order valence-corrected chi connectivity index (χ4v) is 7.03. The highest BCUT2D eigenvalue weighted by Gasteiger charge is 2.42. The third-order valence-corrected chi connectivity index (χ3v) is 9.62. The lowest BCUT2D eigenvalue weighted by Gasteiger charge is -2.32. The van der Waals surface area contributed by atoms with Gasteiger partial charge in [-0.25, -0.2) is 18.9 Å². The van der Waals surface area contributed by atoms with Gasteiger partial charge < -0.3 is 9.64 Å². The van der Waals surface area contributed by atoms with Gasteiger partial charge in [-0.2, -0.15) is 4.68 Å². The molecule has 15 heteroatoms. The van der Waals surface area contributed by atoms with E-state index in [0.717, 1.165) is 58.9 Å². The monoisotopic (exact) mass is 703 g/mol. The molecule has 0 radical (unpaired) electrons. The molecule has 0 saturated heterocycles. The summed E-state index contributed by atoms with van der Waals surface area (Å²) in [5.41, 5.74) is 0.790. The van der Waals surface area contributed by atoms with Gasteiger partial charge in [0, 0.05) is 29.8 Å². The predicted octanol–water partition coefficient (Wildman–Crippen LogP) is 4.63. The molecule has 2 aliphatic heterocycles. The Kier molecular flexibility index (Phi) is 10.1. The van der Waals surface area contributed by atoms with Crippen LogP contribution in [-0.4, -0.2) is 74.2 Å². The summed E-state index contributed by atoms with van der Waals surface area (Å²) in [6.07, 6.45) is 13.4. The van der Waals surface area contributed by atoms with Crippen molar-refractivity contribution in [3.05, 3.63) is 68.9 Å². The average molecular weight is 704 g/mol. The molecule has 50 heavy (non-hydrogen) atoms. The summed E-state index contributed by atoms with van der Waals surface area (Å²) < 4.78 is 21.8. The van der Waals surface area contributed by atoms with Crippen LogP contribution in [0.5, 0.6) is 5.75 Å². The number of hydrogen-bond donors (Lipinski definition) is 0. The molecule has 0 bridgehead atoms. The quantitative estimate of drug-likeness (QED) is 0.213. The van der Waals surface area contributed by atoms with Crippen molar-refractivity contribution >= 4 is 46.7 Å². The predicted molar refractivity (Wildman–Crippen MR) is 182 cm³/mol. The molecule has 0 N–H and O–H groups in total. The zero-order chi connectivity index (χ0) is 35.5.